The minimum absolute atomic E-state index is 0.0787. The Morgan fingerprint density at radius 3 is 2.44 bits per heavy atom. The lowest BCUT2D eigenvalue weighted by Gasteiger charge is -2.06. The highest BCUT2D eigenvalue weighted by molar-refractivity contribution is 5.73. The van der Waals surface area contributed by atoms with Crippen LogP contribution in [0.4, 0.5) is 11.5 Å². The quantitative estimate of drug-likeness (QED) is 0.580. The van der Waals surface area contributed by atoms with Gasteiger partial charge in [-0.3, -0.25) is 10.1 Å². The number of aryl methyl sites for hydroxylation is 2. The van der Waals surface area contributed by atoms with E-state index in [1.165, 1.54) is 28.8 Å². The van der Waals surface area contributed by atoms with E-state index in [0.717, 1.165) is 35.7 Å². The third-order valence-corrected chi connectivity index (χ3v) is 4.45. The van der Waals surface area contributed by atoms with Gasteiger partial charge in [0.25, 0.3) is 5.69 Å². The van der Waals surface area contributed by atoms with Crippen molar-refractivity contribution in [2.45, 2.75) is 20.3 Å². The minimum atomic E-state index is -0.392. The predicted molar refractivity (Wildman–Crippen MR) is 97.3 cm³/mol. The molecule has 0 saturated carbocycles. The molecule has 0 atom stereocenters. The molecule has 1 aliphatic heterocycles. The second-order valence-electron chi connectivity index (χ2n) is 6.41. The Hall–Kier alpha value is -3.15. The van der Waals surface area contributed by atoms with Crippen molar-refractivity contribution in [3.63, 3.8) is 0 Å². The van der Waals surface area contributed by atoms with Crippen LogP contribution in [-0.2, 0) is 6.42 Å². The van der Waals surface area contributed by atoms with Crippen LogP contribution in [0.25, 0.3) is 16.9 Å². The molecular weight excluding hydrogens is 316 g/mol. The summed E-state index contributed by atoms with van der Waals surface area (Å²) in [6.45, 7) is 5.04. The fraction of sp³-hybridized carbons (Fsp3) is 0.211. The van der Waals surface area contributed by atoms with Crippen LogP contribution >= 0.6 is 0 Å². The number of non-ortho nitro benzene ring substituents is 1. The SMILES string of the molecule is Cc1cc(C)cc(-c2nn(-c3ccc([N+](=O)[O-])cc3)c3c2CCN3)c1. The van der Waals surface area contributed by atoms with E-state index < -0.39 is 4.92 Å². The summed E-state index contributed by atoms with van der Waals surface area (Å²) >= 11 is 0. The number of hydrogen-bond acceptors (Lipinski definition) is 4. The molecule has 126 valence electrons. The third kappa shape index (κ3) is 2.65. The van der Waals surface area contributed by atoms with Crippen molar-refractivity contribution in [1.29, 1.82) is 0 Å². The fourth-order valence-corrected chi connectivity index (χ4v) is 3.42. The van der Waals surface area contributed by atoms with E-state index in [1.54, 1.807) is 12.1 Å². The molecule has 4 rings (SSSR count). The maximum absolute atomic E-state index is 10.9. The molecule has 0 radical (unpaired) electrons. The molecule has 0 amide bonds. The number of aromatic nitrogens is 2. The van der Waals surface area contributed by atoms with Gasteiger partial charge in [0.05, 0.1) is 16.3 Å². The summed E-state index contributed by atoms with van der Waals surface area (Å²) in [5.41, 5.74) is 6.59. The second-order valence-corrected chi connectivity index (χ2v) is 6.41. The highest BCUT2D eigenvalue weighted by Crippen LogP contribution is 2.35. The number of nitro groups is 1. The maximum atomic E-state index is 10.9. The monoisotopic (exact) mass is 334 g/mol. The molecular formula is C19H18N4O2. The highest BCUT2D eigenvalue weighted by Gasteiger charge is 2.24. The third-order valence-electron chi connectivity index (χ3n) is 4.45. The van der Waals surface area contributed by atoms with E-state index in [4.69, 9.17) is 5.10 Å². The summed E-state index contributed by atoms with van der Waals surface area (Å²) in [4.78, 5) is 10.5. The first kappa shape index (κ1) is 15.4. The standard InChI is InChI=1S/C19H18N4O2/c1-12-9-13(2)11-14(10-12)18-17-7-8-20-19(17)22(21-18)15-3-5-16(6-4-15)23(24)25/h3-6,9-11,20H,7-8H2,1-2H3. The molecule has 0 unspecified atom stereocenters. The van der Waals surface area contributed by atoms with Gasteiger partial charge in [0, 0.05) is 29.8 Å². The largest absolute Gasteiger partial charge is 0.369 e. The Morgan fingerprint density at radius 1 is 1.12 bits per heavy atom. The molecule has 25 heavy (non-hydrogen) atoms. The van der Waals surface area contributed by atoms with Gasteiger partial charge < -0.3 is 5.32 Å². The van der Waals surface area contributed by atoms with Crippen molar-refractivity contribution in [3.05, 3.63) is 69.3 Å². The van der Waals surface area contributed by atoms with Gasteiger partial charge in [-0.1, -0.05) is 17.2 Å². The number of fused-ring (bicyclic) bond motifs is 1. The molecule has 2 heterocycles. The van der Waals surface area contributed by atoms with E-state index in [0.29, 0.717) is 0 Å². The van der Waals surface area contributed by atoms with Crippen molar-refractivity contribution in [2.75, 3.05) is 11.9 Å². The number of benzene rings is 2. The van der Waals surface area contributed by atoms with Gasteiger partial charge in [-0.2, -0.15) is 5.10 Å². The summed E-state index contributed by atoms with van der Waals surface area (Å²) < 4.78 is 1.85. The Bertz CT molecular complexity index is 954. The zero-order chi connectivity index (χ0) is 17.6. The van der Waals surface area contributed by atoms with E-state index in [9.17, 15) is 10.1 Å². The van der Waals surface area contributed by atoms with Crippen LogP contribution in [0.5, 0.6) is 0 Å². The Labute approximate surface area is 145 Å². The summed E-state index contributed by atoms with van der Waals surface area (Å²) in [5.74, 6) is 0.975. The van der Waals surface area contributed by atoms with Crippen LogP contribution < -0.4 is 5.32 Å². The summed E-state index contributed by atoms with van der Waals surface area (Å²) in [5, 5.41) is 19.1. The van der Waals surface area contributed by atoms with Crippen molar-refractivity contribution in [3.8, 4) is 16.9 Å². The lowest BCUT2D eigenvalue weighted by atomic mass is 10.0. The van der Waals surface area contributed by atoms with Gasteiger partial charge in [-0.25, -0.2) is 4.68 Å². The minimum Gasteiger partial charge on any atom is -0.369 e. The van der Waals surface area contributed by atoms with Crippen LogP contribution in [0.1, 0.15) is 16.7 Å². The number of rotatable bonds is 3. The molecule has 0 fully saturated rings. The van der Waals surface area contributed by atoms with Crippen molar-refractivity contribution in [1.82, 2.24) is 9.78 Å². The molecule has 6 heteroatoms. The van der Waals surface area contributed by atoms with Gasteiger partial charge in [0.1, 0.15) is 5.82 Å². The lowest BCUT2D eigenvalue weighted by Crippen LogP contribution is -2.04. The number of nitrogens with one attached hydrogen (secondary N) is 1. The Balaban J connectivity index is 1.84. The molecule has 0 spiro atoms. The van der Waals surface area contributed by atoms with Gasteiger partial charge >= 0.3 is 0 Å². The van der Waals surface area contributed by atoms with E-state index in [2.05, 4.69) is 37.4 Å². The average molecular weight is 334 g/mol. The van der Waals surface area contributed by atoms with Crippen LogP contribution in [0.15, 0.2) is 42.5 Å². The van der Waals surface area contributed by atoms with Gasteiger partial charge in [-0.15, -0.1) is 0 Å². The van der Waals surface area contributed by atoms with Crippen LogP contribution in [0.3, 0.4) is 0 Å². The second kappa shape index (κ2) is 5.73. The maximum Gasteiger partial charge on any atom is 0.269 e. The topological polar surface area (TPSA) is 73.0 Å². The number of hydrogen-bond donors (Lipinski definition) is 1. The first-order valence-electron chi connectivity index (χ1n) is 8.22. The Morgan fingerprint density at radius 2 is 1.80 bits per heavy atom. The van der Waals surface area contributed by atoms with Crippen LogP contribution in [0, 0.1) is 24.0 Å². The molecule has 6 nitrogen and oxygen atoms in total. The zero-order valence-electron chi connectivity index (χ0n) is 14.1. The number of nitrogens with zero attached hydrogens (tertiary/aromatic N) is 3. The molecule has 0 saturated heterocycles. The first-order chi connectivity index (χ1) is 12.0. The summed E-state index contributed by atoms with van der Waals surface area (Å²) in [6.07, 6.45) is 0.921. The molecule has 3 aromatic rings. The van der Waals surface area contributed by atoms with Crippen molar-refractivity contribution < 1.29 is 4.92 Å². The average Bonchev–Trinajstić information content (AvgIpc) is 3.16. The fourth-order valence-electron chi connectivity index (χ4n) is 3.42. The van der Waals surface area contributed by atoms with Crippen molar-refractivity contribution in [2.24, 2.45) is 0 Å². The molecule has 0 aliphatic carbocycles. The number of anilines is 1. The normalized spacial score (nSPS) is 12.7. The van der Waals surface area contributed by atoms with Gasteiger partial charge in [-0.05, 0) is 44.5 Å². The lowest BCUT2D eigenvalue weighted by molar-refractivity contribution is -0.384. The van der Waals surface area contributed by atoms with E-state index >= 15 is 0 Å². The molecule has 1 aliphatic rings. The molecule has 0 bridgehead atoms. The zero-order valence-corrected chi connectivity index (χ0v) is 14.1. The summed E-state index contributed by atoms with van der Waals surface area (Å²) in [6, 6.07) is 12.9. The first-order valence-corrected chi connectivity index (χ1v) is 8.22. The molecule has 1 aromatic heterocycles. The van der Waals surface area contributed by atoms with Crippen LogP contribution in [-0.4, -0.2) is 21.2 Å². The van der Waals surface area contributed by atoms with Gasteiger partial charge in [0.15, 0.2) is 0 Å². The molecule has 2 aromatic carbocycles. The predicted octanol–water partition coefficient (Wildman–Crippen LogP) is 4.03. The number of nitro benzene ring substituents is 1. The summed E-state index contributed by atoms with van der Waals surface area (Å²) in [7, 11) is 0. The Kier molecular flexibility index (Phi) is 3.53. The van der Waals surface area contributed by atoms with Crippen molar-refractivity contribution >= 4 is 11.5 Å². The highest BCUT2D eigenvalue weighted by atomic mass is 16.6. The van der Waals surface area contributed by atoms with Crippen LogP contribution in [0.2, 0.25) is 0 Å². The smallest absolute Gasteiger partial charge is 0.269 e. The molecule has 1 N–H and O–H groups in total. The van der Waals surface area contributed by atoms with Gasteiger partial charge in [0.2, 0.25) is 0 Å². The van der Waals surface area contributed by atoms with E-state index in [-0.39, 0.29) is 5.69 Å². The van der Waals surface area contributed by atoms with E-state index in [1.807, 2.05) is 4.68 Å².